The third-order valence-electron chi connectivity index (χ3n) is 4.24. The second-order valence-electron chi connectivity index (χ2n) is 5.88. The number of hydrogen-bond acceptors (Lipinski definition) is 6. The predicted molar refractivity (Wildman–Crippen MR) is 86.3 cm³/mol. The normalized spacial score (nSPS) is 21.4. The lowest BCUT2D eigenvalue weighted by Crippen LogP contribution is -2.29. The summed E-state index contributed by atoms with van der Waals surface area (Å²) in [4.78, 5) is 8.85. The van der Waals surface area contributed by atoms with Crippen molar-refractivity contribution < 1.29 is 5.11 Å². The molecular formula is C16H18N6O. The van der Waals surface area contributed by atoms with Crippen molar-refractivity contribution in [2.75, 3.05) is 5.32 Å². The molecule has 1 aromatic carbocycles. The first-order chi connectivity index (χ1) is 11.3. The summed E-state index contributed by atoms with van der Waals surface area (Å²) in [6.07, 6.45) is 5.07. The fourth-order valence-electron chi connectivity index (χ4n) is 2.98. The van der Waals surface area contributed by atoms with Gasteiger partial charge in [-0.05, 0) is 37.8 Å². The van der Waals surface area contributed by atoms with Gasteiger partial charge in [0.05, 0.1) is 11.6 Å². The number of rotatable bonds is 3. The maximum atomic E-state index is 9.59. The second-order valence-corrected chi connectivity index (χ2v) is 5.88. The maximum Gasteiger partial charge on any atom is 0.224 e. The molecule has 0 radical (unpaired) electrons. The Morgan fingerprint density at radius 1 is 1.09 bits per heavy atom. The zero-order valence-corrected chi connectivity index (χ0v) is 12.6. The van der Waals surface area contributed by atoms with Gasteiger partial charge in [0.25, 0.3) is 0 Å². The standard InChI is InChI=1S/C16H18N6O/c23-12-7-5-11(6-8-12)18-16-17-10-9-15(19-16)22-14-4-2-1-3-13(14)20-21-22/h1-4,9-12,23H,5-8H2,(H,17,18,19)/t11-,12+. The van der Waals surface area contributed by atoms with Gasteiger partial charge in [-0.15, -0.1) is 5.10 Å². The number of nitrogens with zero attached hydrogens (tertiary/aromatic N) is 5. The highest BCUT2D eigenvalue weighted by atomic mass is 16.3. The first-order valence-corrected chi connectivity index (χ1v) is 7.88. The Labute approximate surface area is 133 Å². The van der Waals surface area contributed by atoms with Crippen molar-refractivity contribution in [1.82, 2.24) is 25.0 Å². The first-order valence-electron chi connectivity index (χ1n) is 7.88. The number of aliphatic hydroxyl groups is 1. The molecule has 1 fully saturated rings. The molecule has 7 nitrogen and oxygen atoms in total. The molecule has 2 N–H and O–H groups in total. The Kier molecular flexibility index (Phi) is 3.63. The summed E-state index contributed by atoms with van der Waals surface area (Å²) in [5.74, 6) is 1.27. The van der Waals surface area contributed by atoms with E-state index < -0.39 is 0 Å². The topological polar surface area (TPSA) is 88.8 Å². The van der Waals surface area contributed by atoms with Gasteiger partial charge in [-0.25, -0.2) is 4.98 Å². The predicted octanol–water partition coefficient (Wildman–Crippen LogP) is 1.93. The number of aliphatic hydroxyl groups excluding tert-OH is 1. The zero-order valence-electron chi connectivity index (χ0n) is 12.6. The van der Waals surface area contributed by atoms with Crippen LogP contribution in [0.3, 0.4) is 0 Å². The first kappa shape index (κ1) is 14.1. The van der Waals surface area contributed by atoms with Crippen LogP contribution in [0.4, 0.5) is 5.95 Å². The molecule has 1 aliphatic carbocycles. The molecule has 0 saturated heterocycles. The van der Waals surface area contributed by atoms with Crippen LogP contribution in [0, 0.1) is 0 Å². The largest absolute Gasteiger partial charge is 0.393 e. The molecule has 3 aromatic rings. The van der Waals surface area contributed by atoms with E-state index in [2.05, 4.69) is 25.6 Å². The Morgan fingerprint density at radius 2 is 1.91 bits per heavy atom. The van der Waals surface area contributed by atoms with Gasteiger partial charge < -0.3 is 10.4 Å². The molecule has 0 aliphatic heterocycles. The maximum absolute atomic E-state index is 9.59. The van der Waals surface area contributed by atoms with E-state index in [0.717, 1.165) is 36.7 Å². The van der Waals surface area contributed by atoms with Crippen LogP contribution in [0.15, 0.2) is 36.5 Å². The van der Waals surface area contributed by atoms with E-state index in [1.54, 1.807) is 10.9 Å². The summed E-state index contributed by atoms with van der Waals surface area (Å²) in [5, 5.41) is 21.3. The molecule has 0 bridgehead atoms. The Morgan fingerprint density at radius 3 is 2.78 bits per heavy atom. The molecular weight excluding hydrogens is 292 g/mol. The lowest BCUT2D eigenvalue weighted by Gasteiger charge is -2.26. The highest BCUT2D eigenvalue weighted by Gasteiger charge is 2.20. The average molecular weight is 310 g/mol. The molecule has 0 spiro atoms. The third-order valence-corrected chi connectivity index (χ3v) is 4.24. The van der Waals surface area contributed by atoms with Crippen LogP contribution < -0.4 is 5.32 Å². The van der Waals surface area contributed by atoms with Gasteiger partial charge in [0.1, 0.15) is 5.52 Å². The molecule has 1 aliphatic rings. The average Bonchev–Trinajstić information content (AvgIpc) is 3.01. The number of para-hydroxylation sites is 1. The van der Waals surface area contributed by atoms with E-state index >= 15 is 0 Å². The van der Waals surface area contributed by atoms with E-state index in [0.29, 0.717) is 17.8 Å². The Hall–Kier alpha value is -2.54. The number of benzene rings is 1. The van der Waals surface area contributed by atoms with Crippen molar-refractivity contribution in [3.05, 3.63) is 36.5 Å². The van der Waals surface area contributed by atoms with Crippen LogP contribution in [0.5, 0.6) is 0 Å². The second kappa shape index (κ2) is 5.92. The number of fused-ring (bicyclic) bond motifs is 1. The molecule has 1 saturated carbocycles. The van der Waals surface area contributed by atoms with Crippen LogP contribution in [-0.2, 0) is 0 Å². The minimum absolute atomic E-state index is 0.165. The summed E-state index contributed by atoms with van der Waals surface area (Å²) in [5.41, 5.74) is 1.75. The van der Waals surface area contributed by atoms with Crippen LogP contribution in [0.25, 0.3) is 16.9 Å². The number of hydrogen-bond donors (Lipinski definition) is 2. The minimum Gasteiger partial charge on any atom is -0.393 e. The Balaban J connectivity index is 1.59. The van der Waals surface area contributed by atoms with Crippen LogP contribution in [0.1, 0.15) is 25.7 Å². The Bertz CT molecular complexity index is 809. The fourth-order valence-corrected chi connectivity index (χ4v) is 2.98. The van der Waals surface area contributed by atoms with Crippen LogP contribution >= 0.6 is 0 Å². The molecule has 2 aromatic heterocycles. The molecule has 23 heavy (non-hydrogen) atoms. The highest BCUT2D eigenvalue weighted by Crippen LogP contribution is 2.21. The van der Waals surface area contributed by atoms with Crippen LogP contribution in [-0.4, -0.2) is 42.2 Å². The molecule has 4 rings (SSSR count). The van der Waals surface area contributed by atoms with Gasteiger partial charge in [0.15, 0.2) is 5.82 Å². The SMILES string of the molecule is O[C@H]1CC[C@@H](Nc2nccc(-n3nnc4ccccc43)n2)CC1. The van der Waals surface area contributed by atoms with E-state index in [1.165, 1.54) is 0 Å². The molecule has 2 heterocycles. The lowest BCUT2D eigenvalue weighted by atomic mass is 9.93. The molecule has 7 heteroatoms. The third kappa shape index (κ3) is 2.87. The molecule has 0 unspecified atom stereocenters. The van der Waals surface area contributed by atoms with E-state index in [-0.39, 0.29) is 6.10 Å². The zero-order chi connectivity index (χ0) is 15.6. The van der Waals surface area contributed by atoms with Crippen molar-refractivity contribution in [1.29, 1.82) is 0 Å². The smallest absolute Gasteiger partial charge is 0.224 e. The van der Waals surface area contributed by atoms with Crippen molar-refractivity contribution >= 4 is 17.0 Å². The summed E-state index contributed by atoms with van der Waals surface area (Å²) in [6.45, 7) is 0. The number of aromatic nitrogens is 5. The van der Waals surface area contributed by atoms with E-state index in [4.69, 9.17) is 0 Å². The molecule has 118 valence electrons. The molecule has 0 amide bonds. The van der Waals surface area contributed by atoms with Crippen LogP contribution in [0.2, 0.25) is 0 Å². The van der Waals surface area contributed by atoms with Crippen molar-refractivity contribution in [3.63, 3.8) is 0 Å². The summed E-state index contributed by atoms with van der Waals surface area (Å²) in [7, 11) is 0. The minimum atomic E-state index is -0.165. The summed E-state index contributed by atoms with van der Waals surface area (Å²) >= 11 is 0. The van der Waals surface area contributed by atoms with Crippen molar-refractivity contribution in [2.45, 2.75) is 37.8 Å². The van der Waals surface area contributed by atoms with Gasteiger partial charge in [0, 0.05) is 18.3 Å². The van der Waals surface area contributed by atoms with Gasteiger partial charge in [-0.3, -0.25) is 0 Å². The van der Waals surface area contributed by atoms with Gasteiger partial charge >= 0.3 is 0 Å². The summed E-state index contributed by atoms with van der Waals surface area (Å²) < 4.78 is 1.72. The lowest BCUT2D eigenvalue weighted by molar-refractivity contribution is 0.126. The number of nitrogens with one attached hydrogen (secondary N) is 1. The van der Waals surface area contributed by atoms with Crippen molar-refractivity contribution in [2.24, 2.45) is 0 Å². The summed E-state index contributed by atoms with van der Waals surface area (Å²) in [6, 6.07) is 9.90. The monoisotopic (exact) mass is 310 g/mol. The highest BCUT2D eigenvalue weighted by molar-refractivity contribution is 5.75. The van der Waals surface area contributed by atoms with Gasteiger partial charge in [-0.2, -0.15) is 9.67 Å². The van der Waals surface area contributed by atoms with E-state index in [9.17, 15) is 5.11 Å². The van der Waals surface area contributed by atoms with Gasteiger partial charge in [-0.1, -0.05) is 17.3 Å². The van der Waals surface area contributed by atoms with Gasteiger partial charge in [0.2, 0.25) is 5.95 Å². The quantitative estimate of drug-likeness (QED) is 0.768. The number of anilines is 1. The molecule has 0 atom stereocenters. The van der Waals surface area contributed by atoms with E-state index in [1.807, 2.05) is 30.3 Å². The fraction of sp³-hybridized carbons (Fsp3) is 0.375. The van der Waals surface area contributed by atoms with Crippen molar-refractivity contribution in [3.8, 4) is 5.82 Å².